The smallest absolute Gasteiger partial charge is 0.246 e. The molecule has 162 valence electrons. The van der Waals surface area contributed by atoms with E-state index >= 15 is 0 Å². The van der Waals surface area contributed by atoms with Gasteiger partial charge in [-0.1, -0.05) is 24.2 Å². The summed E-state index contributed by atoms with van der Waals surface area (Å²) < 4.78 is 0. The van der Waals surface area contributed by atoms with Crippen LogP contribution in [-0.2, 0) is 4.79 Å². The third-order valence-electron chi connectivity index (χ3n) is 6.20. The minimum Gasteiger partial charge on any atom is -0.366 e. The van der Waals surface area contributed by atoms with Crippen LogP contribution in [-0.4, -0.2) is 57.4 Å². The molecule has 32 heavy (non-hydrogen) atoms. The zero-order valence-corrected chi connectivity index (χ0v) is 18.8. The number of nitrogens with zero attached hydrogens (tertiary/aromatic N) is 5. The molecule has 1 aliphatic rings. The number of hydrogen-bond acceptors (Lipinski definition) is 5. The van der Waals surface area contributed by atoms with Crippen molar-refractivity contribution in [2.24, 2.45) is 0 Å². The first-order valence-electron chi connectivity index (χ1n) is 10.5. The maximum atomic E-state index is 11.9. The number of piperazine rings is 1. The number of hydrogen-bond donors (Lipinski definition) is 1. The summed E-state index contributed by atoms with van der Waals surface area (Å²) in [7, 11) is 0. The summed E-state index contributed by atoms with van der Waals surface area (Å²) in [4.78, 5) is 15.9. The van der Waals surface area contributed by atoms with Gasteiger partial charge in [-0.3, -0.25) is 9.89 Å². The van der Waals surface area contributed by atoms with Crippen molar-refractivity contribution in [1.82, 2.24) is 25.3 Å². The summed E-state index contributed by atoms with van der Waals surface area (Å²) in [6.07, 6.45) is 3.14. The van der Waals surface area contributed by atoms with Crippen LogP contribution < -0.4 is 4.90 Å². The van der Waals surface area contributed by atoms with E-state index in [1.807, 2.05) is 30.0 Å². The lowest BCUT2D eigenvalue weighted by Gasteiger charge is -2.35. The number of aryl methyl sites for hydroxylation is 2. The van der Waals surface area contributed by atoms with Crippen LogP contribution in [0.3, 0.4) is 0 Å². The maximum Gasteiger partial charge on any atom is 0.246 e. The van der Waals surface area contributed by atoms with Gasteiger partial charge in [0.25, 0.3) is 0 Å². The Hall–Kier alpha value is -3.45. The second-order valence-electron chi connectivity index (χ2n) is 8.08. The number of carbonyl (C=O) groups excluding carboxylic acids is 1. The highest BCUT2D eigenvalue weighted by Gasteiger charge is 2.22. The summed E-state index contributed by atoms with van der Waals surface area (Å²) in [5, 5.41) is 18.8. The van der Waals surface area contributed by atoms with Crippen molar-refractivity contribution in [1.29, 1.82) is 0 Å². The molecule has 7 nitrogen and oxygen atoms in total. The average molecular weight is 447 g/mol. The van der Waals surface area contributed by atoms with Crippen LogP contribution in [0.5, 0.6) is 0 Å². The van der Waals surface area contributed by atoms with Gasteiger partial charge in [0.15, 0.2) is 0 Å². The topological polar surface area (TPSA) is 78.0 Å². The lowest BCUT2D eigenvalue weighted by Crippen LogP contribution is -2.48. The predicted molar refractivity (Wildman–Crippen MR) is 128 cm³/mol. The Balaban J connectivity index is 1.59. The number of aromatic amines is 1. The Kier molecular flexibility index (Phi) is 5.06. The quantitative estimate of drug-likeness (QED) is 0.475. The molecule has 0 bridgehead atoms. The first-order valence-corrected chi connectivity index (χ1v) is 10.9. The molecule has 3 heterocycles. The highest BCUT2D eigenvalue weighted by atomic mass is 35.5. The van der Waals surface area contributed by atoms with Crippen LogP contribution in [0.25, 0.3) is 32.9 Å². The van der Waals surface area contributed by atoms with Gasteiger partial charge < -0.3 is 9.80 Å². The lowest BCUT2D eigenvalue weighted by molar-refractivity contribution is -0.126. The van der Waals surface area contributed by atoms with Crippen LogP contribution in [0, 0.1) is 13.8 Å². The number of fused-ring (bicyclic) bond motifs is 2. The van der Waals surface area contributed by atoms with E-state index in [-0.39, 0.29) is 5.91 Å². The van der Waals surface area contributed by atoms with Crippen LogP contribution >= 0.6 is 11.6 Å². The van der Waals surface area contributed by atoms with Crippen LogP contribution in [0.15, 0.2) is 43.1 Å². The van der Waals surface area contributed by atoms with Crippen LogP contribution in [0.1, 0.15) is 11.3 Å². The molecule has 1 amide bonds. The van der Waals surface area contributed by atoms with E-state index in [1.54, 1.807) is 6.20 Å². The molecule has 1 N–H and O–H groups in total. The zero-order chi connectivity index (χ0) is 22.4. The van der Waals surface area contributed by atoms with E-state index < -0.39 is 0 Å². The molecular weight excluding hydrogens is 424 g/mol. The third kappa shape index (κ3) is 3.29. The number of amides is 1. The van der Waals surface area contributed by atoms with Gasteiger partial charge in [0, 0.05) is 47.5 Å². The highest BCUT2D eigenvalue weighted by Crippen LogP contribution is 2.40. The SMILES string of the molecule is C=CC(=O)N1CCN(c2cnnc3cc(-c4c(C)ccc5[nH]nc(C)c45)c(Cl)cc23)CC1. The average Bonchev–Trinajstić information content (AvgIpc) is 3.19. The summed E-state index contributed by atoms with van der Waals surface area (Å²) in [5.74, 6) is -0.0332. The van der Waals surface area contributed by atoms with Crippen molar-refractivity contribution in [3.63, 3.8) is 0 Å². The molecule has 4 aromatic rings. The first-order chi connectivity index (χ1) is 15.5. The molecular formula is C24H23ClN6O. The number of halogens is 1. The van der Waals surface area contributed by atoms with Crippen molar-refractivity contribution >= 4 is 45.0 Å². The number of aromatic nitrogens is 4. The molecule has 1 saturated heterocycles. The molecule has 0 saturated carbocycles. The van der Waals surface area contributed by atoms with Gasteiger partial charge in [-0.15, -0.1) is 0 Å². The van der Waals surface area contributed by atoms with Gasteiger partial charge in [0.2, 0.25) is 5.91 Å². The molecule has 0 radical (unpaired) electrons. The van der Waals surface area contributed by atoms with Gasteiger partial charge in [-0.25, -0.2) is 0 Å². The fourth-order valence-corrected chi connectivity index (χ4v) is 4.79. The second kappa shape index (κ2) is 7.91. The van der Waals surface area contributed by atoms with E-state index in [0.717, 1.165) is 49.9 Å². The number of carbonyl (C=O) groups is 1. The van der Waals surface area contributed by atoms with E-state index in [2.05, 4.69) is 44.9 Å². The Bertz CT molecular complexity index is 1370. The monoisotopic (exact) mass is 446 g/mol. The van der Waals surface area contributed by atoms with E-state index in [9.17, 15) is 4.79 Å². The summed E-state index contributed by atoms with van der Waals surface area (Å²) >= 11 is 6.86. The van der Waals surface area contributed by atoms with Crippen molar-refractivity contribution in [3.05, 3.63) is 59.4 Å². The van der Waals surface area contributed by atoms with Crippen molar-refractivity contribution < 1.29 is 4.79 Å². The van der Waals surface area contributed by atoms with Crippen LogP contribution in [0.2, 0.25) is 5.02 Å². The Labute approximate surface area is 190 Å². The minimum atomic E-state index is -0.0332. The molecule has 2 aromatic carbocycles. The second-order valence-corrected chi connectivity index (χ2v) is 8.49. The fraction of sp³-hybridized carbons (Fsp3) is 0.250. The Morgan fingerprint density at radius 1 is 1.19 bits per heavy atom. The van der Waals surface area contributed by atoms with Crippen molar-refractivity contribution in [2.45, 2.75) is 13.8 Å². The summed E-state index contributed by atoms with van der Waals surface area (Å²) in [6.45, 7) is 10.4. The van der Waals surface area contributed by atoms with Gasteiger partial charge in [0.05, 0.1) is 28.6 Å². The van der Waals surface area contributed by atoms with E-state index in [1.165, 1.54) is 6.08 Å². The predicted octanol–water partition coefficient (Wildman–Crippen LogP) is 4.28. The molecule has 8 heteroatoms. The maximum absolute atomic E-state index is 11.9. The lowest BCUT2D eigenvalue weighted by atomic mass is 9.94. The van der Waals surface area contributed by atoms with Gasteiger partial charge in [-0.2, -0.15) is 15.3 Å². The third-order valence-corrected chi connectivity index (χ3v) is 6.52. The van der Waals surface area contributed by atoms with E-state index in [0.29, 0.717) is 31.2 Å². The zero-order valence-electron chi connectivity index (χ0n) is 18.0. The molecule has 0 spiro atoms. The molecule has 0 aliphatic carbocycles. The van der Waals surface area contributed by atoms with Crippen LogP contribution in [0.4, 0.5) is 5.69 Å². The fourth-order valence-electron chi connectivity index (χ4n) is 4.53. The largest absolute Gasteiger partial charge is 0.366 e. The molecule has 1 aliphatic heterocycles. The first kappa shape index (κ1) is 20.5. The Morgan fingerprint density at radius 2 is 1.97 bits per heavy atom. The molecule has 0 atom stereocenters. The standard InChI is InChI=1S/C24H23ClN6O/c1-4-22(32)31-9-7-30(8-10-31)21-13-26-28-20-12-16(18(25)11-17(20)21)23-14(2)5-6-19-24(23)15(3)27-29-19/h4-6,11-13H,1,7-10H2,2-3H3,(H,27,29). The molecule has 2 aromatic heterocycles. The molecule has 5 rings (SSSR count). The van der Waals surface area contributed by atoms with Gasteiger partial charge >= 0.3 is 0 Å². The minimum absolute atomic E-state index is 0.0332. The number of rotatable bonds is 3. The molecule has 0 unspecified atom stereocenters. The number of anilines is 1. The molecule has 1 fully saturated rings. The number of benzene rings is 2. The highest BCUT2D eigenvalue weighted by molar-refractivity contribution is 6.35. The van der Waals surface area contributed by atoms with Crippen molar-refractivity contribution in [3.8, 4) is 11.1 Å². The van der Waals surface area contributed by atoms with Crippen molar-refractivity contribution in [2.75, 3.05) is 31.1 Å². The summed E-state index contributed by atoms with van der Waals surface area (Å²) in [6, 6.07) is 8.10. The summed E-state index contributed by atoms with van der Waals surface area (Å²) in [5.41, 5.74) is 6.76. The number of H-pyrrole nitrogens is 1. The Morgan fingerprint density at radius 3 is 2.72 bits per heavy atom. The van der Waals surface area contributed by atoms with Gasteiger partial charge in [-0.05, 0) is 49.2 Å². The van der Waals surface area contributed by atoms with Gasteiger partial charge in [0.1, 0.15) is 0 Å². The van der Waals surface area contributed by atoms with E-state index in [4.69, 9.17) is 11.6 Å². The number of nitrogens with one attached hydrogen (secondary N) is 1. The normalized spacial score (nSPS) is 14.3.